The quantitative estimate of drug-likeness (QED) is 0.846. The first kappa shape index (κ1) is 15.3. The molecular formula is C11H10F3N5OS. The van der Waals surface area contributed by atoms with E-state index in [2.05, 4.69) is 15.5 Å². The van der Waals surface area contributed by atoms with E-state index in [0.717, 1.165) is 11.8 Å². The lowest BCUT2D eigenvalue weighted by Gasteiger charge is -2.13. The van der Waals surface area contributed by atoms with Gasteiger partial charge in [0.2, 0.25) is 11.1 Å². The van der Waals surface area contributed by atoms with Gasteiger partial charge in [0.1, 0.15) is 11.8 Å². The Labute approximate surface area is 121 Å². The Kier molecular flexibility index (Phi) is 4.46. The number of nitrogens with zero attached hydrogens (tertiary/aromatic N) is 4. The number of alkyl halides is 3. The monoisotopic (exact) mass is 317 g/mol. The highest BCUT2D eigenvalue weighted by Crippen LogP contribution is 2.34. The summed E-state index contributed by atoms with van der Waals surface area (Å²) in [5, 5.41) is 8.98. The topological polar surface area (TPSA) is 86.7 Å². The molecule has 1 unspecified atom stereocenters. The van der Waals surface area contributed by atoms with Gasteiger partial charge in [-0.15, -0.1) is 5.10 Å². The van der Waals surface area contributed by atoms with Gasteiger partial charge in [-0.3, -0.25) is 4.79 Å². The lowest BCUT2D eigenvalue weighted by molar-refractivity contribution is -0.144. The number of rotatable bonds is 5. The van der Waals surface area contributed by atoms with Gasteiger partial charge in [-0.05, 0) is 16.0 Å². The molecule has 1 aromatic carbocycles. The van der Waals surface area contributed by atoms with E-state index in [9.17, 15) is 18.0 Å². The van der Waals surface area contributed by atoms with Crippen LogP contribution >= 0.6 is 11.8 Å². The van der Waals surface area contributed by atoms with Crippen molar-refractivity contribution in [3.63, 3.8) is 0 Å². The molecule has 0 fully saturated rings. The van der Waals surface area contributed by atoms with Gasteiger partial charge in [-0.25, -0.2) is 4.68 Å². The molecule has 21 heavy (non-hydrogen) atoms. The molecule has 1 atom stereocenters. The van der Waals surface area contributed by atoms with Crippen LogP contribution in [0.4, 0.5) is 13.2 Å². The Hall–Kier alpha value is -2.10. The van der Waals surface area contributed by atoms with Crippen LogP contribution in [0, 0.1) is 0 Å². The van der Waals surface area contributed by atoms with Gasteiger partial charge in [-0.2, -0.15) is 13.2 Å². The van der Waals surface area contributed by atoms with Crippen molar-refractivity contribution in [3.8, 4) is 0 Å². The van der Waals surface area contributed by atoms with Crippen molar-refractivity contribution in [1.29, 1.82) is 0 Å². The summed E-state index contributed by atoms with van der Waals surface area (Å²) in [6.07, 6.45) is -4.46. The van der Waals surface area contributed by atoms with Crippen molar-refractivity contribution in [2.75, 3.05) is 0 Å². The minimum atomic E-state index is -4.46. The first-order valence-corrected chi connectivity index (χ1v) is 6.58. The van der Waals surface area contributed by atoms with Crippen molar-refractivity contribution in [1.82, 2.24) is 20.2 Å². The largest absolute Gasteiger partial charge is 0.408 e. The minimum absolute atomic E-state index is 0.125. The van der Waals surface area contributed by atoms with Crippen LogP contribution in [0.25, 0.3) is 0 Å². The van der Waals surface area contributed by atoms with Gasteiger partial charge < -0.3 is 5.73 Å². The lowest BCUT2D eigenvalue weighted by atomic mass is 10.1. The van der Waals surface area contributed by atoms with Crippen LogP contribution in [0.15, 0.2) is 35.5 Å². The number of halogens is 3. The van der Waals surface area contributed by atoms with E-state index in [0.29, 0.717) is 10.2 Å². The molecule has 0 aliphatic heterocycles. The molecule has 0 saturated carbocycles. The second-order valence-corrected chi connectivity index (χ2v) is 5.12. The van der Waals surface area contributed by atoms with Crippen LogP contribution in [0.3, 0.4) is 0 Å². The molecule has 2 aromatic rings. The lowest BCUT2D eigenvalue weighted by Crippen LogP contribution is -2.22. The summed E-state index contributed by atoms with van der Waals surface area (Å²) in [6.45, 7) is -1.33. The van der Waals surface area contributed by atoms with Crippen LogP contribution in [-0.4, -0.2) is 32.3 Å². The maximum atomic E-state index is 12.4. The van der Waals surface area contributed by atoms with Crippen molar-refractivity contribution in [2.45, 2.75) is 23.1 Å². The summed E-state index contributed by atoms with van der Waals surface area (Å²) < 4.78 is 37.8. The average Bonchev–Trinajstić information content (AvgIpc) is 2.81. The number of carbonyl (C=O) groups excluding carboxylic acids is 1. The molecule has 1 amide bonds. The van der Waals surface area contributed by atoms with Crippen LogP contribution in [0.2, 0.25) is 0 Å². The average molecular weight is 317 g/mol. The molecule has 6 nitrogen and oxygen atoms in total. The summed E-state index contributed by atoms with van der Waals surface area (Å²) in [5.74, 6) is -0.687. The molecule has 0 spiro atoms. The molecule has 2 rings (SSSR count). The summed E-state index contributed by atoms with van der Waals surface area (Å²) in [5.41, 5.74) is 5.87. The zero-order valence-corrected chi connectivity index (χ0v) is 11.3. The molecule has 0 saturated heterocycles. The predicted octanol–water partition coefficient (Wildman–Crippen LogP) is 1.55. The van der Waals surface area contributed by atoms with Crippen molar-refractivity contribution >= 4 is 17.7 Å². The van der Waals surface area contributed by atoms with Gasteiger partial charge in [0.25, 0.3) is 0 Å². The van der Waals surface area contributed by atoms with Crippen LogP contribution in [-0.2, 0) is 11.3 Å². The standard InChI is InChI=1S/C11H10F3N5OS/c12-11(13,14)6-19-10(16-17-18-19)21-8(9(15)20)7-4-2-1-3-5-7/h1-5,8H,6H2,(H2,15,20). The summed E-state index contributed by atoms with van der Waals surface area (Å²) >= 11 is 0.776. The van der Waals surface area contributed by atoms with Gasteiger partial charge in [-0.1, -0.05) is 42.1 Å². The molecule has 2 N–H and O–H groups in total. The Balaban J connectivity index is 2.23. The van der Waals surface area contributed by atoms with Gasteiger partial charge >= 0.3 is 6.18 Å². The fourth-order valence-electron chi connectivity index (χ4n) is 1.57. The molecular weight excluding hydrogens is 307 g/mol. The number of hydrogen-bond donors (Lipinski definition) is 1. The fraction of sp³-hybridized carbons (Fsp3) is 0.273. The van der Waals surface area contributed by atoms with E-state index in [-0.39, 0.29) is 5.16 Å². The molecule has 0 aliphatic rings. The first-order chi connectivity index (χ1) is 9.87. The number of nitrogens with two attached hydrogens (primary N) is 1. The van der Waals surface area contributed by atoms with Crippen molar-refractivity contribution in [2.24, 2.45) is 5.73 Å². The summed E-state index contributed by atoms with van der Waals surface area (Å²) in [4.78, 5) is 11.5. The maximum absolute atomic E-state index is 12.4. The zero-order chi connectivity index (χ0) is 15.5. The van der Waals surface area contributed by atoms with E-state index >= 15 is 0 Å². The van der Waals surface area contributed by atoms with Crippen LogP contribution in [0.1, 0.15) is 10.8 Å². The summed E-state index contributed by atoms with van der Waals surface area (Å²) in [6, 6.07) is 8.45. The van der Waals surface area contributed by atoms with E-state index in [4.69, 9.17) is 5.73 Å². The molecule has 1 heterocycles. The molecule has 0 radical (unpaired) electrons. The molecule has 1 aromatic heterocycles. The number of thioether (sulfide) groups is 1. The smallest absolute Gasteiger partial charge is 0.368 e. The number of carbonyl (C=O) groups is 1. The van der Waals surface area contributed by atoms with Gasteiger partial charge in [0, 0.05) is 0 Å². The van der Waals surface area contributed by atoms with Crippen LogP contribution in [0.5, 0.6) is 0 Å². The zero-order valence-electron chi connectivity index (χ0n) is 10.5. The number of tetrazole rings is 1. The van der Waals surface area contributed by atoms with Gasteiger partial charge in [0.15, 0.2) is 0 Å². The van der Waals surface area contributed by atoms with Crippen LogP contribution < -0.4 is 5.73 Å². The highest BCUT2D eigenvalue weighted by molar-refractivity contribution is 8.00. The summed E-state index contributed by atoms with van der Waals surface area (Å²) in [7, 11) is 0. The third kappa shape index (κ3) is 4.18. The SMILES string of the molecule is NC(=O)C(Sc1nnnn1CC(F)(F)F)c1ccccc1. The third-order valence-corrected chi connectivity index (χ3v) is 3.66. The van der Waals surface area contributed by atoms with Crippen molar-refractivity contribution in [3.05, 3.63) is 35.9 Å². The number of benzene rings is 1. The van der Waals surface area contributed by atoms with E-state index in [1.54, 1.807) is 30.3 Å². The predicted molar refractivity (Wildman–Crippen MR) is 68.1 cm³/mol. The molecule has 112 valence electrons. The second-order valence-electron chi connectivity index (χ2n) is 4.05. The molecule has 0 bridgehead atoms. The Morgan fingerprint density at radius 3 is 2.57 bits per heavy atom. The number of hydrogen-bond acceptors (Lipinski definition) is 5. The highest BCUT2D eigenvalue weighted by Gasteiger charge is 2.31. The minimum Gasteiger partial charge on any atom is -0.368 e. The number of primary amides is 1. The third-order valence-electron chi connectivity index (χ3n) is 2.41. The molecule has 10 heteroatoms. The highest BCUT2D eigenvalue weighted by atomic mass is 32.2. The van der Waals surface area contributed by atoms with E-state index in [1.807, 2.05) is 0 Å². The Bertz CT molecular complexity index is 616. The van der Waals surface area contributed by atoms with Gasteiger partial charge in [0.05, 0.1) is 0 Å². The Morgan fingerprint density at radius 2 is 2.00 bits per heavy atom. The number of amides is 1. The normalized spacial score (nSPS) is 13.1. The van der Waals surface area contributed by atoms with Crippen molar-refractivity contribution < 1.29 is 18.0 Å². The first-order valence-electron chi connectivity index (χ1n) is 5.70. The second kappa shape index (κ2) is 6.12. The Morgan fingerprint density at radius 1 is 1.33 bits per heavy atom. The van der Waals surface area contributed by atoms with E-state index in [1.165, 1.54) is 0 Å². The van der Waals surface area contributed by atoms with E-state index < -0.39 is 23.9 Å². The fourth-order valence-corrected chi connectivity index (χ4v) is 2.50. The number of aromatic nitrogens is 4. The maximum Gasteiger partial charge on any atom is 0.408 e. The molecule has 0 aliphatic carbocycles.